The first-order valence-electron chi connectivity index (χ1n) is 10.9. The highest BCUT2D eigenvalue weighted by molar-refractivity contribution is 7.98. The number of phenols is 1. The number of benzene rings is 1. The van der Waals surface area contributed by atoms with Crippen LogP contribution in [0.15, 0.2) is 24.3 Å². The van der Waals surface area contributed by atoms with Crippen LogP contribution in [0.25, 0.3) is 0 Å². The van der Waals surface area contributed by atoms with Gasteiger partial charge in [-0.25, -0.2) is 4.79 Å². The molecule has 0 heterocycles. The van der Waals surface area contributed by atoms with Crippen LogP contribution < -0.4 is 16.0 Å². The average molecular weight is 498 g/mol. The lowest BCUT2D eigenvalue weighted by molar-refractivity contribution is -0.143. The number of nitrogens with one attached hydrogen (secondary N) is 3. The van der Waals surface area contributed by atoms with Crippen molar-refractivity contribution in [2.75, 3.05) is 25.2 Å². The molecule has 0 fully saturated rings. The van der Waals surface area contributed by atoms with Crippen LogP contribution in [0.2, 0.25) is 0 Å². The summed E-state index contributed by atoms with van der Waals surface area (Å²) < 4.78 is 10.1. The second-order valence-electron chi connectivity index (χ2n) is 8.43. The van der Waals surface area contributed by atoms with E-state index in [1.165, 1.54) is 23.9 Å². The number of amides is 3. The van der Waals surface area contributed by atoms with E-state index in [1.807, 2.05) is 6.26 Å². The Bertz CT molecular complexity index is 825. The van der Waals surface area contributed by atoms with Gasteiger partial charge in [-0.05, 0) is 63.8 Å². The van der Waals surface area contributed by atoms with Crippen molar-refractivity contribution in [1.29, 1.82) is 0 Å². The van der Waals surface area contributed by atoms with Gasteiger partial charge >= 0.3 is 12.1 Å². The Morgan fingerprint density at radius 3 is 2.24 bits per heavy atom. The van der Waals surface area contributed by atoms with Crippen LogP contribution in [0.4, 0.5) is 4.79 Å². The zero-order valence-electron chi connectivity index (χ0n) is 20.3. The van der Waals surface area contributed by atoms with Crippen molar-refractivity contribution < 1.29 is 33.8 Å². The van der Waals surface area contributed by atoms with Gasteiger partial charge in [-0.15, -0.1) is 0 Å². The molecule has 0 saturated carbocycles. The van der Waals surface area contributed by atoms with E-state index in [-0.39, 0.29) is 25.3 Å². The zero-order chi connectivity index (χ0) is 25.7. The SMILES string of the molecule is CCOC(=O)CNC(=O)[C@@H](CCSC)NC(=O)[C@H](Cc1ccc(O)cc1)NC(=O)OC(C)(C)C. The molecule has 2 atom stereocenters. The van der Waals surface area contributed by atoms with Gasteiger partial charge in [-0.2, -0.15) is 11.8 Å². The molecule has 0 aliphatic carbocycles. The second-order valence-corrected chi connectivity index (χ2v) is 9.42. The summed E-state index contributed by atoms with van der Waals surface area (Å²) in [5, 5.41) is 17.2. The van der Waals surface area contributed by atoms with Crippen molar-refractivity contribution >= 4 is 35.6 Å². The lowest BCUT2D eigenvalue weighted by Crippen LogP contribution is -2.55. The summed E-state index contributed by atoms with van der Waals surface area (Å²) >= 11 is 1.50. The number of aromatic hydroxyl groups is 1. The molecule has 1 rings (SSSR count). The average Bonchev–Trinajstić information content (AvgIpc) is 2.74. The quantitative estimate of drug-likeness (QED) is 0.320. The third-order valence-electron chi connectivity index (χ3n) is 4.34. The Labute approximate surface area is 204 Å². The summed E-state index contributed by atoms with van der Waals surface area (Å²) in [4.78, 5) is 49.7. The fourth-order valence-corrected chi connectivity index (χ4v) is 3.27. The lowest BCUT2D eigenvalue weighted by atomic mass is 10.0. The molecule has 0 radical (unpaired) electrons. The normalized spacial score (nSPS) is 12.7. The third-order valence-corrected chi connectivity index (χ3v) is 4.98. The maximum absolute atomic E-state index is 13.1. The van der Waals surface area contributed by atoms with Crippen LogP contribution in [-0.4, -0.2) is 71.8 Å². The predicted molar refractivity (Wildman–Crippen MR) is 130 cm³/mol. The number of ether oxygens (including phenoxy) is 2. The molecule has 34 heavy (non-hydrogen) atoms. The van der Waals surface area contributed by atoms with Crippen molar-refractivity contribution in [1.82, 2.24) is 16.0 Å². The van der Waals surface area contributed by atoms with E-state index in [4.69, 9.17) is 9.47 Å². The van der Waals surface area contributed by atoms with Crippen molar-refractivity contribution in [2.24, 2.45) is 0 Å². The Kier molecular flexibility index (Phi) is 12.3. The maximum Gasteiger partial charge on any atom is 0.408 e. The molecule has 0 aliphatic heterocycles. The van der Waals surface area contributed by atoms with Crippen LogP contribution in [0.5, 0.6) is 5.75 Å². The van der Waals surface area contributed by atoms with Crippen molar-refractivity contribution in [2.45, 2.75) is 58.2 Å². The molecule has 4 N–H and O–H groups in total. The van der Waals surface area contributed by atoms with E-state index >= 15 is 0 Å². The molecule has 0 aliphatic rings. The number of rotatable bonds is 12. The summed E-state index contributed by atoms with van der Waals surface area (Å²) in [6.07, 6.45) is 1.51. The Hall–Kier alpha value is -2.95. The van der Waals surface area contributed by atoms with Crippen LogP contribution in [-0.2, 0) is 30.3 Å². The predicted octanol–water partition coefficient (Wildman–Crippen LogP) is 1.75. The van der Waals surface area contributed by atoms with Gasteiger partial charge in [0.25, 0.3) is 0 Å². The molecule has 0 bridgehead atoms. The molecular formula is C23H35N3O7S. The summed E-state index contributed by atoms with van der Waals surface area (Å²) in [6.45, 7) is 6.64. The fraction of sp³-hybridized carbons (Fsp3) is 0.565. The van der Waals surface area contributed by atoms with Crippen LogP contribution in [0.1, 0.15) is 39.7 Å². The second kappa shape index (κ2) is 14.3. The zero-order valence-corrected chi connectivity index (χ0v) is 21.1. The van der Waals surface area contributed by atoms with Gasteiger partial charge in [0.1, 0.15) is 30.0 Å². The van der Waals surface area contributed by atoms with Gasteiger partial charge in [0.05, 0.1) is 6.61 Å². The van der Waals surface area contributed by atoms with Gasteiger partial charge < -0.3 is 30.5 Å². The van der Waals surface area contributed by atoms with Crippen molar-refractivity contribution in [3.8, 4) is 5.75 Å². The topological polar surface area (TPSA) is 143 Å². The highest BCUT2D eigenvalue weighted by Crippen LogP contribution is 2.13. The monoisotopic (exact) mass is 497 g/mol. The molecular weight excluding hydrogens is 462 g/mol. The van der Waals surface area contributed by atoms with Crippen LogP contribution in [0, 0.1) is 0 Å². The molecule has 1 aromatic rings. The molecule has 11 heteroatoms. The smallest absolute Gasteiger partial charge is 0.408 e. The first-order valence-corrected chi connectivity index (χ1v) is 12.3. The van der Waals surface area contributed by atoms with E-state index < -0.39 is 41.6 Å². The molecule has 0 spiro atoms. The van der Waals surface area contributed by atoms with Crippen LogP contribution >= 0.6 is 11.8 Å². The van der Waals surface area contributed by atoms with E-state index in [1.54, 1.807) is 39.8 Å². The molecule has 0 aromatic heterocycles. The first-order chi connectivity index (χ1) is 15.9. The summed E-state index contributed by atoms with van der Waals surface area (Å²) in [5.41, 5.74) is -0.0845. The largest absolute Gasteiger partial charge is 0.508 e. The number of carbonyl (C=O) groups is 4. The minimum atomic E-state index is -1.05. The van der Waals surface area contributed by atoms with E-state index in [0.29, 0.717) is 17.7 Å². The highest BCUT2D eigenvalue weighted by Gasteiger charge is 2.28. The number of hydrogen-bond acceptors (Lipinski definition) is 8. The molecule has 0 saturated heterocycles. The van der Waals surface area contributed by atoms with Crippen LogP contribution in [0.3, 0.4) is 0 Å². The summed E-state index contributed by atoms with van der Waals surface area (Å²) in [6, 6.07) is 4.24. The van der Waals surface area contributed by atoms with Gasteiger partial charge in [0.2, 0.25) is 11.8 Å². The van der Waals surface area contributed by atoms with E-state index in [0.717, 1.165) is 0 Å². The summed E-state index contributed by atoms with van der Waals surface area (Å²) in [5.74, 6) is -1.05. The maximum atomic E-state index is 13.1. The number of alkyl carbamates (subject to hydrolysis) is 1. The number of hydrogen-bond donors (Lipinski definition) is 4. The lowest BCUT2D eigenvalue weighted by Gasteiger charge is -2.25. The number of esters is 1. The molecule has 10 nitrogen and oxygen atoms in total. The molecule has 0 unspecified atom stereocenters. The Balaban J connectivity index is 2.98. The highest BCUT2D eigenvalue weighted by atomic mass is 32.2. The standard InChI is InChI=1S/C23H35N3O7S/c1-6-32-19(28)14-24-20(29)17(11-12-34-5)25-21(30)18(26-22(31)33-23(2,3)4)13-15-7-9-16(27)10-8-15/h7-10,17-18,27H,6,11-14H2,1-5H3,(H,24,29)(H,25,30)(H,26,31)/t17-,18+/m1/s1. The van der Waals surface area contributed by atoms with Gasteiger partial charge in [-0.3, -0.25) is 14.4 Å². The first kappa shape index (κ1) is 29.1. The van der Waals surface area contributed by atoms with Gasteiger partial charge in [0, 0.05) is 6.42 Å². The van der Waals surface area contributed by atoms with E-state index in [9.17, 15) is 24.3 Å². The minimum Gasteiger partial charge on any atom is -0.508 e. The number of thioether (sulfide) groups is 1. The van der Waals surface area contributed by atoms with Gasteiger partial charge in [0.15, 0.2) is 0 Å². The number of phenolic OH excluding ortho intramolecular Hbond substituents is 1. The van der Waals surface area contributed by atoms with Crippen molar-refractivity contribution in [3.63, 3.8) is 0 Å². The van der Waals surface area contributed by atoms with E-state index in [2.05, 4.69) is 16.0 Å². The third kappa shape index (κ3) is 11.8. The Morgan fingerprint density at radius 1 is 1.03 bits per heavy atom. The molecule has 190 valence electrons. The Morgan fingerprint density at radius 2 is 1.68 bits per heavy atom. The molecule has 1 aromatic carbocycles. The molecule has 3 amide bonds. The summed E-state index contributed by atoms with van der Waals surface area (Å²) in [7, 11) is 0. The minimum absolute atomic E-state index is 0.0697. The fourth-order valence-electron chi connectivity index (χ4n) is 2.80. The number of carbonyl (C=O) groups excluding carboxylic acids is 4. The van der Waals surface area contributed by atoms with Crippen molar-refractivity contribution in [3.05, 3.63) is 29.8 Å². The van der Waals surface area contributed by atoms with Gasteiger partial charge in [-0.1, -0.05) is 12.1 Å².